The van der Waals surface area contributed by atoms with Crippen molar-refractivity contribution in [1.29, 1.82) is 0 Å². The van der Waals surface area contributed by atoms with E-state index >= 15 is 0 Å². The Balaban J connectivity index is 1.55. The largest absolute Gasteiger partial charge is 0.486 e. The standard InChI is InChI=1S/C21H27F3N2O4/c22-21(23,24)20(6-3-7-20)19(28)25-15(13-26-8-1-2-9-26)18(27)14-4-5-16-17(12-14)30-11-10-29-16/h4-5,12,15,18,27H,1-3,6-11,13H2,(H,25,28)/t15-,18-/m1/s1. The third-order valence-corrected chi connectivity index (χ3v) is 6.44. The summed E-state index contributed by atoms with van der Waals surface area (Å²) in [6.07, 6.45) is -3.84. The summed E-state index contributed by atoms with van der Waals surface area (Å²) in [7, 11) is 0. The van der Waals surface area contributed by atoms with E-state index in [1.54, 1.807) is 18.2 Å². The number of nitrogens with one attached hydrogen (secondary N) is 1. The Bertz CT molecular complexity index is 776. The zero-order valence-corrected chi connectivity index (χ0v) is 16.7. The van der Waals surface area contributed by atoms with Crippen LogP contribution in [0.2, 0.25) is 0 Å². The van der Waals surface area contributed by atoms with Crippen LogP contribution < -0.4 is 14.8 Å². The average molecular weight is 428 g/mol. The van der Waals surface area contributed by atoms with Gasteiger partial charge in [0.25, 0.3) is 0 Å². The number of alkyl halides is 3. The van der Waals surface area contributed by atoms with Gasteiger partial charge in [-0.3, -0.25) is 4.79 Å². The molecule has 1 aromatic carbocycles. The second kappa shape index (κ2) is 8.26. The number of fused-ring (bicyclic) bond motifs is 1. The fourth-order valence-electron chi connectivity index (χ4n) is 4.42. The van der Waals surface area contributed by atoms with Crippen LogP contribution in [-0.2, 0) is 4.79 Å². The van der Waals surface area contributed by atoms with E-state index in [0.717, 1.165) is 25.9 Å². The molecule has 166 valence electrons. The van der Waals surface area contributed by atoms with Crippen LogP contribution in [0.15, 0.2) is 18.2 Å². The molecular formula is C21H27F3N2O4. The molecule has 4 rings (SSSR count). The molecule has 1 saturated heterocycles. The SMILES string of the molecule is O=C(N[C@H](CN1CCCC1)[C@H](O)c1ccc2c(c1)OCCO2)C1(C(F)(F)F)CCC1. The quantitative estimate of drug-likeness (QED) is 0.729. The first kappa shape index (κ1) is 21.2. The van der Waals surface area contributed by atoms with Gasteiger partial charge in [0.05, 0.1) is 6.04 Å². The molecule has 30 heavy (non-hydrogen) atoms. The second-order valence-electron chi connectivity index (χ2n) is 8.37. The first-order valence-corrected chi connectivity index (χ1v) is 10.5. The molecule has 0 bridgehead atoms. The molecule has 1 aliphatic carbocycles. The number of carbonyl (C=O) groups excluding carboxylic acids is 1. The van der Waals surface area contributed by atoms with Crippen molar-refractivity contribution < 1.29 is 32.5 Å². The van der Waals surface area contributed by atoms with Crippen molar-refractivity contribution in [2.24, 2.45) is 5.41 Å². The number of hydrogen-bond donors (Lipinski definition) is 2. The molecule has 2 heterocycles. The van der Waals surface area contributed by atoms with Crippen molar-refractivity contribution in [2.45, 2.75) is 50.4 Å². The van der Waals surface area contributed by atoms with Crippen LogP contribution in [0.5, 0.6) is 11.5 Å². The molecule has 2 fully saturated rings. The van der Waals surface area contributed by atoms with Crippen LogP contribution >= 0.6 is 0 Å². The Hall–Kier alpha value is -2.00. The highest BCUT2D eigenvalue weighted by Gasteiger charge is 2.63. The molecule has 2 aliphatic heterocycles. The number of aliphatic hydroxyl groups is 1. The van der Waals surface area contributed by atoms with Crippen LogP contribution in [0.25, 0.3) is 0 Å². The lowest BCUT2D eigenvalue weighted by molar-refractivity contribution is -0.243. The van der Waals surface area contributed by atoms with E-state index in [0.29, 0.717) is 36.7 Å². The van der Waals surface area contributed by atoms with E-state index in [1.807, 2.05) is 0 Å². The summed E-state index contributed by atoms with van der Waals surface area (Å²) >= 11 is 0. The minimum absolute atomic E-state index is 0.209. The monoisotopic (exact) mass is 428 g/mol. The molecule has 1 aromatic rings. The second-order valence-corrected chi connectivity index (χ2v) is 8.37. The summed E-state index contributed by atoms with van der Waals surface area (Å²) in [6, 6.07) is 4.10. The smallest absolute Gasteiger partial charge is 0.403 e. The predicted octanol–water partition coefficient (Wildman–Crippen LogP) is 2.80. The van der Waals surface area contributed by atoms with E-state index in [4.69, 9.17) is 9.47 Å². The number of ether oxygens (including phenoxy) is 2. The molecule has 6 nitrogen and oxygen atoms in total. The highest BCUT2D eigenvalue weighted by molar-refractivity contribution is 5.84. The lowest BCUT2D eigenvalue weighted by Gasteiger charge is -2.42. The molecule has 9 heteroatoms. The van der Waals surface area contributed by atoms with Gasteiger partial charge in [0.1, 0.15) is 24.7 Å². The van der Waals surface area contributed by atoms with E-state index < -0.39 is 29.6 Å². The Morgan fingerprint density at radius 2 is 1.80 bits per heavy atom. The van der Waals surface area contributed by atoms with Crippen LogP contribution in [-0.4, -0.2) is 61.0 Å². The lowest BCUT2D eigenvalue weighted by atomic mass is 9.67. The summed E-state index contributed by atoms with van der Waals surface area (Å²) < 4.78 is 51.9. The molecule has 0 spiro atoms. The van der Waals surface area contributed by atoms with Gasteiger partial charge in [0, 0.05) is 6.54 Å². The number of benzene rings is 1. The van der Waals surface area contributed by atoms with E-state index in [1.165, 1.54) is 0 Å². The molecule has 1 saturated carbocycles. The fourth-order valence-corrected chi connectivity index (χ4v) is 4.42. The Morgan fingerprint density at radius 3 is 2.40 bits per heavy atom. The first-order chi connectivity index (χ1) is 14.3. The molecule has 0 unspecified atom stereocenters. The molecule has 0 radical (unpaired) electrons. The Labute approximate surface area is 173 Å². The van der Waals surface area contributed by atoms with Gasteiger partial charge >= 0.3 is 6.18 Å². The molecule has 2 N–H and O–H groups in total. The maximum Gasteiger partial charge on any atom is 0.403 e. The van der Waals surface area contributed by atoms with E-state index in [2.05, 4.69) is 10.2 Å². The van der Waals surface area contributed by atoms with Gasteiger partial charge in [0.2, 0.25) is 5.91 Å². The third kappa shape index (κ3) is 3.97. The van der Waals surface area contributed by atoms with E-state index in [-0.39, 0.29) is 19.4 Å². The number of rotatable bonds is 6. The minimum atomic E-state index is -4.60. The Morgan fingerprint density at radius 1 is 1.13 bits per heavy atom. The lowest BCUT2D eigenvalue weighted by Crippen LogP contribution is -2.59. The van der Waals surface area contributed by atoms with Crippen LogP contribution in [0.1, 0.15) is 43.8 Å². The van der Waals surface area contributed by atoms with Crippen molar-refractivity contribution in [1.82, 2.24) is 10.2 Å². The van der Waals surface area contributed by atoms with Crippen molar-refractivity contribution in [3.05, 3.63) is 23.8 Å². The van der Waals surface area contributed by atoms with Gasteiger partial charge in [-0.05, 0) is 56.5 Å². The zero-order valence-electron chi connectivity index (χ0n) is 16.7. The van der Waals surface area contributed by atoms with Gasteiger partial charge in [-0.1, -0.05) is 12.5 Å². The van der Waals surface area contributed by atoms with Crippen molar-refractivity contribution in [3.63, 3.8) is 0 Å². The van der Waals surface area contributed by atoms with E-state index in [9.17, 15) is 23.1 Å². The predicted molar refractivity (Wildman–Crippen MR) is 102 cm³/mol. The summed E-state index contributed by atoms with van der Waals surface area (Å²) in [5.41, 5.74) is -1.87. The van der Waals surface area contributed by atoms with Gasteiger partial charge in [-0.2, -0.15) is 13.2 Å². The normalized spacial score (nSPS) is 22.8. The molecule has 2 atom stereocenters. The zero-order chi connectivity index (χ0) is 21.4. The van der Waals surface area contributed by atoms with Crippen molar-refractivity contribution in [3.8, 4) is 11.5 Å². The number of likely N-dealkylation sites (tertiary alicyclic amines) is 1. The van der Waals surface area contributed by atoms with Gasteiger partial charge in [-0.25, -0.2) is 0 Å². The maximum absolute atomic E-state index is 13.6. The summed E-state index contributed by atoms with van der Waals surface area (Å²) in [5.74, 6) is -0.000310. The van der Waals surface area contributed by atoms with Crippen LogP contribution in [0, 0.1) is 5.41 Å². The number of nitrogens with zero attached hydrogens (tertiary/aromatic N) is 1. The average Bonchev–Trinajstić information content (AvgIpc) is 3.17. The molecule has 0 aromatic heterocycles. The topological polar surface area (TPSA) is 71.0 Å². The number of halogens is 3. The molecule has 3 aliphatic rings. The molecule has 1 amide bonds. The van der Waals surface area contributed by atoms with Crippen LogP contribution in [0.4, 0.5) is 13.2 Å². The number of amides is 1. The Kier molecular flexibility index (Phi) is 5.85. The van der Waals surface area contributed by atoms with Crippen molar-refractivity contribution >= 4 is 5.91 Å². The third-order valence-electron chi connectivity index (χ3n) is 6.44. The van der Waals surface area contributed by atoms with Gasteiger partial charge < -0.3 is 24.8 Å². The van der Waals surface area contributed by atoms with Gasteiger partial charge in [0.15, 0.2) is 11.5 Å². The molecular weight excluding hydrogens is 401 g/mol. The first-order valence-electron chi connectivity index (χ1n) is 10.5. The summed E-state index contributed by atoms with van der Waals surface area (Å²) in [4.78, 5) is 14.8. The number of carbonyl (C=O) groups is 1. The summed E-state index contributed by atoms with van der Waals surface area (Å²) in [6.45, 7) is 2.70. The number of aliphatic hydroxyl groups excluding tert-OH is 1. The fraction of sp³-hybridized carbons (Fsp3) is 0.667. The highest BCUT2D eigenvalue weighted by Crippen LogP contribution is 2.53. The van der Waals surface area contributed by atoms with Gasteiger partial charge in [-0.15, -0.1) is 0 Å². The van der Waals surface area contributed by atoms with Crippen molar-refractivity contribution in [2.75, 3.05) is 32.8 Å². The summed E-state index contributed by atoms with van der Waals surface area (Å²) in [5, 5.41) is 13.6. The number of hydrogen-bond acceptors (Lipinski definition) is 5. The van der Waals surface area contributed by atoms with Crippen LogP contribution in [0.3, 0.4) is 0 Å². The minimum Gasteiger partial charge on any atom is -0.486 e. The highest BCUT2D eigenvalue weighted by atomic mass is 19.4. The maximum atomic E-state index is 13.6.